The van der Waals surface area contributed by atoms with E-state index in [2.05, 4.69) is 19.2 Å². The van der Waals surface area contributed by atoms with Crippen LogP contribution < -0.4 is 14.8 Å². The van der Waals surface area contributed by atoms with Crippen molar-refractivity contribution in [2.75, 3.05) is 33.4 Å². The molecule has 0 aromatic heterocycles. The van der Waals surface area contributed by atoms with Gasteiger partial charge in [-0.25, -0.2) is 0 Å². The summed E-state index contributed by atoms with van der Waals surface area (Å²) in [6, 6.07) is 6.04. The first-order valence-electron chi connectivity index (χ1n) is 11.6. The molecule has 1 amide bonds. The second-order valence-electron chi connectivity index (χ2n) is 8.69. The molecule has 1 saturated heterocycles. The van der Waals surface area contributed by atoms with Gasteiger partial charge < -0.3 is 24.4 Å². The van der Waals surface area contributed by atoms with Gasteiger partial charge in [0.25, 0.3) is 5.91 Å². The molecule has 0 radical (unpaired) electrons. The number of piperidine rings is 1. The molecule has 168 valence electrons. The number of amides is 1. The molecular formula is C24H38N2O4. The van der Waals surface area contributed by atoms with Crippen molar-refractivity contribution >= 4 is 5.91 Å². The maximum atomic E-state index is 13.5. The highest BCUT2D eigenvalue weighted by Crippen LogP contribution is 2.33. The fraction of sp³-hybridized carbons (Fsp3) is 0.708. The maximum absolute atomic E-state index is 13.5. The number of benzene rings is 1. The number of hydrogen-bond donors (Lipinski definition) is 1. The van der Waals surface area contributed by atoms with Crippen LogP contribution in [0.1, 0.15) is 69.2 Å². The summed E-state index contributed by atoms with van der Waals surface area (Å²) in [4.78, 5) is 15.5. The molecule has 0 spiro atoms. The smallest absolute Gasteiger partial charge is 0.254 e. The molecule has 1 aromatic rings. The molecule has 2 aliphatic rings. The molecule has 3 rings (SSSR count). The van der Waals surface area contributed by atoms with Crippen LogP contribution >= 0.6 is 0 Å². The summed E-state index contributed by atoms with van der Waals surface area (Å²) in [5.41, 5.74) is 0.662. The van der Waals surface area contributed by atoms with Crippen LogP contribution in [-0.2, 0) is 4.74 Å². The first-order chi connectivity index (χ1) is 14.6. The highest BCUT2D eigenvalue weighted by atomic mass is 16.5. The van der Waals surface area contributed by atoms with Crippen molar-refractivity contribution in [3.63, 3.8) is 0 Å². The summed E-state index contributed by atoms with van der Waals surface area (Å²) in [7, 11) is 1.69. The molecular weight excluding hydrogens is 380 g/mol. The van der Waals surface area contributed by atoms with Gasteiger partial charge in [0.1, 0.15) is 0 Å². The molecule has 1 unspecified atom stereocenters. The molecule has 2 fully saturated rings. The Labute approximate surface area is 181 Å². The Kier molecular flexibility index (Phi) is 8.82. The van der Waals surface area contributed by atoms with E-state index in [1.165, 1.54) is 12.8 Å². The normalized spacial score (nSPS) is 19.8. The van der Waals surface area contributed by atoms with Crippen LogP contribution in [0, 0.1) is 0 Å². The number of rotatable bonds is 10. The van der Waals surface area contributed by atoms with Gasteiger partial charge in [0.2, 0.25) is 0 Å². The van der Waals surface area contributed by atoms with Crippen molar-refractivity contribution in [2.24, 2.45) is 0 Å². The minimum Gasteiger partial charge on any atom is -0.490 e. The van der Waals surface area contributed by atoms with Gasteiger partial charge in [0, 0.05) is 44.3 Å². The Hall–Kier alpha value is -1.79. The first-order valence-corrected chi connectivity index (χ1v) is 11.6. The summed E-state index contributed by atoms with van der Waals surface area (Å²) in [6.45, 7) is 7.25. The van der Waals surface area contributed by atoms with Crippen LogP contribution in [-0.4, -0.2) is 62.4 Å². The summed E-state index contributed by atoms with van der Waals surface area (Å²) >= 11 is 0. The molecule has 1 heterocycles. The van der Waals surface area contributed by atoms with Gasteiger partial charge >= 0.3 is 0 Å². The molecule has 30 heavy (non-hydrogen) atoms. The summed E-state index contributed by atoms with van der Waals surface area (Å²) in [6.07, 6.45) is 7.77. The average molecular weight is 419 g/mol. The third-order valence-electron chi connectivity index (χ3n) is 5.99. The highest BCUT2D eigenvalue weighted by molar-refractivity contribution is 5.95. The average Bonchev–Trinajstić information content (AvgIpc) is 3.26. The second kappa shape index (κ2) is 11.6. The van der Waals surface area contributed by atoms with Crippen molar-refractivity contribution in [1.82, 2.24) is 10.2 Å². The SMILES string of the molecule is COCCCOc1cc(C(=O)N(C(C)C)C2CCCNC2)ccc1OC1CCCC1. The van der Waals surface area contributed by atoms with Gasteiger partial charge in [-0.1, -0.05) is 0 Å². The molecule has 1 saturated carbocycles. The summed E-state index contributed by atoms with van der Waals surface area (Å²) in [5.74, 6) is 1.47. The van der Waals surface area contributed by atoms with Crippen molar-refractivity contribution in [3.05, 3.63) is 23.8 Å². The van der Waals surface area contributed by atoms with Crippen molar-refractivity contribution in [3.8, 4) is 11.5 Å². The number of methoxy groups -OCH3 is 1. The second-order valence-corrected chi connectivity index (χ2v) is 8.69. The van der Waals surface area contributed by atoms with Crippen LogP contribution in [0.2, 0.25) is 0 Å². The number of carbonyl (C=O) groups is 1. The Morgan fingerprint density at radius 2 is 1.93 bits per heavy atom. The number of hydrogen-bond acceptors (Lipinski definition) is 5. The van der Waals surface area contributed by atoms with Crippen LogP contribution in [0.4, 0.5) is 0 Å². The van der Waals surface area contributed by atoms with Crippen LogP contribution in [0.25, 0.3) is 0 Å². The van der Waals surface area contributed by atoms with Gasteiger partial charge in [0.05, 0.1) is 12.7 Å². The Morgan fingerprint density at radius 3 is 2.60 bits per heavy atom. The largest absolute Gasteiger partial charge is 0.490 e. The Bertz CT molecular complexity index is 667. The Balaban J connectivity index is 1.78. The highest BCUT2D eigenvalue weighted by Gasteiger charge is 2.29. The van der Waals surface area contributed by atoms with E-state index in [0.717, 1.165) is 50.9 Å². The van der Waals surface area contributed by atoms with Gasteiger partial charge in [-0.15, -0.1) is 0 Å². The van der Waals surface area contributed by atoms with E-state index >= 15 is 0 Å². The van der Waals surface area contributed by atoms with E-state index in [1.807, 2.05) is 23.1 Å². The molecule has 6 heteroatoms. The molecule has 6 nitrogen and oxygen atoms in total. The molecule has 0 bridgehead atoms. The topological polar surface area (TPSA) is 60.0 Å². The fourth-order valence-electron chi connectivity index (χ4n) is 4.46. The number of nitrogens with one attached hydrogen (secondary N) is 1. The molecule has 1 aromatic carbocycles. The summed E-state index contributed by atoms with van der Waals surface area (Å²) < 4.78 is 17.4. The van der Waals surface area contributed by atoms with Gasteiger partial charge in [-0.05, 0) is 77.1 Å². The first kappa shape index (κ1) is 22.9. The molecule has 1 atom stereocenters. The van der Waals surface area contributed by atoms with E-state index in [1.54, 1.807) is 7.11 Å². The van der Waals surface area contributed by atoms with Crippen molar-refractivity contribution in [1.29, 1.82) is 0 Å². The quantitative estimate of drug-likeness (QED) is 0.582. The lowest BCUT2D eigenvalue weighted by atomic mass is 10.0. The summed E-state index contributed by atoms with van der Waals surface area (Å²) in [5, 5.41) is 3.43. The predicted octanol–water partition coefficient (Wildman–Crippen LogP) is 4.03. The molecule has 1 aliphatic heterocycles. The number of nitrogens with zero attached hydrogens (tertiary/aromatic N) is 1. The minimum absolute atomic E-state index is 0.0628. The molecule has 1 aliphatic carbocycles. The predicted molar refractivity (Wildman–Crippen MR) is 119 cm³/mol. The van der Waals surface area contributed by atoms with E-state index in [0.29, 0.717) is 24.5 Å². The zero-order valence-electron chi connectivity index (χ0n) is 18.8. The molecule has 1 N–H and O–H groups in total. The number of carbonyl (C=O) groups excluding carboxylic acids is 1. The zero-order valence-corrected chi connectivity index (χ0v) is 18.8. The van der Waals surface area contributed by atoms with Crippen LogP contribution in [0.3, 0.4) is 0 Å². The lowest BCUT2D eigenvalue weighted by Gasteiger charge is -2.37. The van der Waals surface area contributed by atoms with E-state index < -0.39 is 0 Å². The van der Waals surface area contributed by atoms with Gasteiger partial charge in [0.15, 0.2) is 11.5 Å². The third kappa shape index (κ3) is 6.11. The minimum atomic E-state index is 0.0628. The zero-order chi connectivity index (χ0) is 21.3. The van der Waals surface area contributed by atoms with Crippen LogP contribution in [0.5, 0.6) is 11.5 Å². The van der Waals surface area contributed by atoms with Crippen molar-refractivity contribution in [2.45, 2.75) is 77.0 Å². The Morgan fingerprint density at radius 1 is 1.13 bits per heavy atom. The van der Waals surface area contributed by atoms with E-state index in [4.69, 9.17) is 14.2 Å². The van der Waals surface area contributed by atoms with Crippen LogP contribution in [0.15, 0.2) is 18.2 Å². The van der Waals surface area contributed by atoms with Crippen molar-refractivity contribution < 1.29 is 19.0 Å². The fourth-order valence-corrected chi connectivity index (χ4v) is 4.46. The van der Waals surface area contributed by atoms with E-state index in [-0.39, 0.29) is 24.1 Å². The van der Waals surface area contributed by atoms with Gasteiger partial charge in [-0.3, -0.25) is 4.79 Å². The number of ether oxygens (including phenoxy) is 3. The maximum Gasteiger partial charge on any atom is 0.254 e. The monoisotopic (exact) mass is 418 g/mol. The van der Waals surface area contributed by atoms with E-state index in [9.17, 15) is 4.79 Å². The lowest BCUT2D eigenvalue weighted by Crippen LogP contribution is -2.51. The lowest BCUT2D eigenvalue weighted by molar-refractivity contribution is 0.0573. The standard InChI is InChI=1S/C24H38N2O4/c1-18(2)26(20-8-6-13-25-17-20)24(27)19-11-12-22(30-21-9-4-5-10-21)23(16-19)29-15-7-14-28-3/h11-12,16,18,20-21,25H,4-10,13-15,17H2,1-3H3. The third-order valence-corrected chi connectivity index (χ3v) is 5.99. The van der Waals surface area contributed by atoms with Gasteiger partial charge in [-0.2, -0.15) is 0 Å².